The molecule has 3 aliphatic rings. The first-order valence-corrected chi connectivity index (χ1v) is 11.1. The fourth-order valence-electron chi connectivity index (χ4n) is 5.33. The maximum Gasteiger partial charge on any atom is 0.410 e. The minimum absolute atomic E-state index is 0.0161. The van der Waals surface area contributed by atoms with E-state index in [1.807, 2.05) is 17.0 Å². The molecule has 32 heavy (non-hydrogen) atoms. The molecular formula is C27H24N2O3. The third kappa shape index (κ3) is 3.21. The van der Waals surface area contributed by atoms with Crippen molar-refractivity contribution in [2.24, 2.45) is 0 Å². The van der Waals surface area contributed by atoms with Gasteiger partial charge in [0.1, 0.15) is 6.61 Å². The highest BCUT2D eigenvalue weighted by Crippen LogP contribution is 2.44. The van der Waals surface area contributed by atoms with Crippen LogP contribution >= 0.6 is 0 Å². The van der Waals surface area contributed by atoms with Gasteiger partial charge in [0.15, 0.2) is 0 Å². The van der Waals surface area contributed by atoms with Gasteiger partial charge in [-0.3, -0.25) is 9.88 Å². The van der Waals surface area contributed by atoms with Gasteiger partial charge in [0.2, 0.25) is 0 Å². The summed E-state index contributed by atoms with van der Waals surface area (Å²) in [5.41, 5.74) is 7.32. The SMILES string of the molecule is O=C(OCC1c2ccccc2-c2ccccc21)N1C2C=C(c3ccncc3)CC1COC2. The number of hydrogen-bond donors (Lipinski definition) is 0. The van der Waals surface area contributed by atoms with Crippen LogP contribution in [0.15, 0.2) is 79.1 Å². The number of carbonyl (C=O) groups excluding carboxylic acids is 1. The summed E-state index contributed by atoms with van der Waals surface area (Å²) < 4.78 is 11.7. The summed E-state index contributed by atoms with van der Waals surface area (Å²) in [7, 11) is 0. The van der Waals surface area contributed by atoms with Gasteiger partial charge in [-0.15, -0.1) is 0 Å². The average Bonchev–Trinajstić information content (AvgIpc) is 3.16. The maximum atomic E-state index is 13.2. The second kappa shape index (κ2) is 7.92. The van der Waals surface area contributed by atoms with Crippen LogP contribution in [0.25, 0.3) is 16.7 Å². The molecular weight excluding hydrogens is 400 g/mol. The van der Waals surface area contributed by atoms with Crippen LogP contribution < -0.4 is 0 Å². The molecule has 2 atom stereocenters. The van der Waals surface area contributed by atoms with Crippen molar-refractivity contribution >= 4 is 11.7 Å². The lowest BCUT2D eigenvalue weighted by Crippen LogP contribution is -2.56. The molecule has 0 N–H and O–H groups in total. The number of aromatic nitrogens is 1. The van der Waals surface area contributed by atoms with Gasteiger partial charge in [0.05, 0.1) is 25.3 Å². The number of ether oxygens (including phenoxy) is 2. The van der Waals surface area contributed by atoms with Crippen molar-refractivity contribution in [3.63, 3.8) is 0 Å². The van der Waals surface area contributed by atoms with Crippen molar-refractivity contribution in [2.45, 2.75) is 24.4 Å². The fraction of sp³-hybridized carbons (Fsp3) is 0.259. The second-order valence-electron chi connectivity index (χ2n) is 8.60. The predicted octanol–water partition coefficient (Wildman–Crippen LogP) is 4.89. The average molecular weight is 425 g/mol. The molecule has 6 rings (SSSR count). The van der Waals surface area contributed by atoms with E-state index in [1.165, 1.54) is 27.8 Å². The van der Waals surface area contributed by atoms with Crippen LogP contribution in [-0.2, 0) is 9.47 Å². The molecule has 1 aliphatic carbocycles. The highest BCUT2D eigenvalue weighted by atomic mass is 16.6. The first-order chi connectivity index (χ1) is 15.8. The number of rotatable bonds is 3. The number of nitrogens with zero attached hydrogens (tertiary/aromatic N) is 2. The van der Waals surface area contributed by atoms with E-state index in [9.17, 15) is 4.79 Å². The highest BCUT2D eigenvalue weighted by Gasteiger charge is 2.39. The van der Waals surface area contributed by atoms with E-state index in [0.717, 1.165) is 12.0 Å². The Labute approximate surface area is 187 Å². The number of hydrogen-bond acceptors (Lipinski definition) is 4. The molecule has 160 valence electrons. The third-order valence-electron chi connectivity index (χ3n) is 6.80. The number of benzene rings is 2. The van der Waals surface area contributed by atoms with Crippen LogP contribution in [0.4, 0.5) is 4.79 Å². The van der Waals surface area contributed by atoms with Gasteiger partial charge in [-0.2, -0.15) is 0 Å². The van der Waals surface area contributed by atoms with Crippen LogP contribution in [0, 0.1) is 0 Å². The number of amides is 1. The molecule has 0 radical (unpaired) electrons. The number of morpholine rings is 1. The summed E-state index contributed by atoms with van der Waals surface area (Å²) in [6.45, 7) is 1.36. The van der Waals surface area contributed by atoms with Gasteiger partial charge >= 0.3 is 6.09 Å². The Hall–Kier alpha value is -3.44. The summed E-state index contributed by atoms with van der Waals surface area (Å²) in [5, 5.41) is 0. The summed E-state index contributed by atoms with van der Waals surface area (Å²) in [5.74, 6) is 0.0650. The van der Waals surface area contributed by atoms with Crippen molar-refractivity contribution in [1.82, 2.24) is 9.88 Å². The Bertz CT molecular complexity index is 1140. The monoisotopic (exact) mass is 424 g/mol. The van der Waals surface area contributed by atoms with E-state index in [1.54, 1.807) is 12.4 Å². The summed E-state index contributed by atoms with van der Waals surface area (Å²) in [6, 6.07) is 20.7. The molecule has 5 heteroatoms. The van der Waals surface area contributed by atoms with Gasteiger partial charge in [0.25, 0.3) is 0 Å². The molecule has 0 saturated carbocycles. The topological polar surface area (TPSA) is 51.7 Å². The van der Waals surface area contributed by atoms with E-state index in [0.29, 0.717) is 19.8 Å². The van der Waals surface area contributed by atoms with Crippen LogP contribution in [-0.4, -0.2) is 47.9 Å². The molecule has 0 spiro atoms. The first-order valence-electron chi connectivity index (χ1n) is 11.1. The molecule has 3 aromatic rings. The van der Waals surface area contributed by atoms with E-state index in [-0.39, 0.29) is 24.1 Å². The Morgan fingerprint density at radius 1 is 0.969 bits per heavy atom. The lowest BCUT2D eigenvalue weighted by molar-refractivity contribution is -0.0331. The van der Waals surface area contributed by atoms with E-state index < -0.39 is 0 Å². The zero-order valence-corrected chi connectivity index (χ0v) is 17.7. The molecule has 2 aromatic carbocycles. The van der Waals surface area contributed by atoms with Gasteiger partial charge in [-0.1, -0.05) is 54.6 Å². The highest BCUT2D eigenvalue weighted by molar-refractivity contribution is 5.79. The molecule has 5 nitrogen and oxygen atoms in total. The Balaban J connectivity index is 1.22. The molecule has 1 amide bonds. The molecule has 1 saturated heterocycles. The maximum absolute atomic E-state index is 13.2. The van der Waals surface area contributed by atoms with Crippen LogP contribution in [0.1, 0.15) is 29.0 Å². The summed E-state index contributed by atoms with van der Waals surface area (Å²) in [6.07, 6.45) is 6.26. The molecule has 2 aliphatic heterocycles. The van der Waals surface area contributed by atoms with Crippen molar-refractivity contribution in [2.75, 3.05) is 19.8 Å². The Morgan fingerprint density at radius 3 is 2.34 bits per heavy atom. The van der Waals surface area contributed by atoms with Crippen molar-refractivity contribution in [1.29, 1.82) is 0 Å². The quantitative estimate of drug-likeness (QED) is 0.601. The van der Waals surface area contributed by atoms with Gasteiger partial charge in [-0.25, -0.2) is 4.79 Å². The lowest BCUT2D eigenvalue weighted by Gasteiger charge is -2.44. The van der Waals surface area contributed by atoms with Gasteiger partial charge in [-0.05, 0) is 51.9 Å². The van der Waals surface area contributed by atoms with Crippen LogP contribution in [0.5, 0.6) is 0 Å². The standard InChI is InChI=1S/C27H24N2O3/c30-27(29-20-13-19(14-21(29)16-31-15-20)18-9-11-28-12-10-18)32-17-26-24-7-3-1-5-22(24)23-6-2-4-8-25(23)26/h1-13,20-21,26H,14-17H2. The molecule has 2 unspecified atom stereocenters. The third-order valence-corrected chi connectivity index (χ3v) is 6.80. The number of fused-ring (bicyclic) bond motifs is 5. The summed E-state index contributed by atoms with van der Waals surface area (Å²) >= 11 is 0. The van der Waals surface area contributed by atoms with Gasteiger partial charge in [0, 0.05) is 18.3 Å². The zero-order valence-electron chi connectivity index (χ0n) is 17.7. The number of pyridine rings is 1. The zero-order chi connectivity index (χ0) is 21.5. The molecule has 3 heterocycles. The molecule has 2 bridgehead atoms. The molecule has 1 aromatic heterocycles. The first kappa shape index (κ1) is 19.3. The van der Waals surface area contributed by atoms with Crippen molar-refractivity contribution < 1.29 is 14.3 Å². The second-order valence-corrected chi connectivity index (χ2v) is 8.60. The number of carbonyl (C=O) groups is 1. The Morgan fingerprint density at radius 2 is 1.66 bits per heavy atom. The minimum Gasteiger partial charge on any atom is -0.448 e. The van der Waals surface area contributed by atoms with Gasteiger partial charge < -0.3 is 9.47 Å². The fourth-order valence-corrected chi connectivity index (χ4v) is 5.33. The van der Waals surface area contributed by atoms with Crippen molar-refractivity contribution in [3.8, 4) is 11.1 Å². The normalized spacial score (nSPS) is 21.5. The smallest absolute Gasteiger partial charge is 0.410 e. The molecule has 1 fully saturated rings. The largest absolute Gasteiger partial charge is 0.448 e. The summed E-state index contributed by atoms with van der Waals surface area (Å²) in [4.78, 5) is 19.2. The Kier molecular flexibility index (Phi) is 4.76. The van der Waals surface area contributed by atoms with Crippen LogP contribution in [0.3, 0.4) is 0 Å². The van der Waals surface area contributed by atoms with Crippen molar-refractivity contribution in [3.05, 3.63) is 95.8 Å². The van der Waals surface area contributed by atoms with E-state index in [2.05, 4.69) is 59.6 Å². The predicted molar refractivity (Wildman–Crippen MR) is 122 cm³/mol. The lowest BCUT2D eigenvalue weighted by atomic mass is 9.90. The van der Waals surface area contributed by atoms with E-state index in [4.69, 9.17) is 9.47 Å². The minimum atomic E-state index is -0.254. The van der Waals surface area contributed by atoms with E-state index >= 15 is 0 Å². The van der Waals surface area contributed by atoms with Crippen LogP contribution in [0.2, 0.25) is 0 Å².